The normalized spacial score (nSPS) is 11.1. The number of aromatic hydroxyl groups is 1. The number of methoxy groups -OCH3 is 1. The number of nitrogens with zero attached hydrogens (tertiary/aromatic N) is 2. The Morgan fingerprint density at radius 3 is 1.33 bits per heavy atom. The second-order valence-electron chi connectivity index (χ2n) is 17.7. The number of phenolic OH excluding ortho intramolecular Hbond substituents is 1. The highest BCUT2D eigenvalue weighted by atomic mass is 79.9. The number of benzene rings is 8. The van der Waals surface area contributed by atoms with Gasteiger partial charge in [0.05, 0.1) is 18.5 Å². The lowest BCUT2D eigenvalue weighted by Gasteiger charge is -2.14. The minimum absolute atomic E-state index is 0.271. The van der Waals surface area contributed by atoms with Gasteiger partial charge in [0, 0.05) is 34.9 Å². The third-order valence-electron chi connectivity index (χ3n) is 13.0. The third kappa shape index (κ3) is 12.3. The van der Waals surface area contributed by atoms with Gasteiger partial charge in [0.2, 0.25) is 0 Å². The molecule has 0 unspecified atom stereocenters. The first-order valence-electron chi connectivity index (χ1n) is 24.3. The molecule has 0 saturated carbocycles. The summed E-state index contributed by atoms with van der Waals surface area (Å²) in [4.78, 5) is 0. The van der Waals surface area contributed by atoms with Crippen LogP contribution in [0.5, 0.6) is 11.5 Å². The monoisotopic (exact) mass is 1100 g/mol. The molecule has 0 aliphatic heterocycles. The highest BCUT2D eigenvalue weighted by Crippen LogP contribution is 2.39. The molecule has 0 amide bonds. The number of para-hydroxylation sites is 2. The number of ether oxygens (including phenoxy) is 1. The second kappa shape index (κ2) is 24.3. The highest BCUT2D eigenvalue weighted by molar-refractivity contribution is 9.69. The largest absolute Gasteiger partial charge is 0.508 e. The van der Waals surface area contributed by atoms with E-state index in [9.17, 15) is 5.11 Å². The number of rotatable bonds is 15. The highest BCUT2D eigenvalue weighted by Gasteiger charge is 2.21. The zero-order valence-electron chi connectivity index (χ0n) is 39.9. The molecular formula is C61H60BBr3N2O2. The van der Waals surface area contributed by atoms with Crippen molar-refractivity contribution in [3.8, 4) is 34.0 Å². The maximum Gasteiger partial charge on any atom is 0.369 e. The standard InChI is InChI=1S/C31H31NO.C30H29NO.BBr3/c1-3-4-6-14-29-28-13-9-10-15-30(28)32(22-23-11-7-5-8-12-23)31(29)26-17-16-25-21-27(33-2)19-18-24(25)20-26;1-2-3-5-13-28-27-12-8-9-14-29(27)31(21-22-10-6-4-7-11-22)30(28)25-16-15-24-20-26(32)18-17-23(24)19-25;2-1(3)4/h5,7-13,15-21H,3-4,6,14,22H2,1-2H3;4,6-12,14-20,32H,2-3,5,13,21H2,1H3;. The van der Waals surface area contributed by atoms with Crippen LogP contribution in [0.4, 0.5) is 0 Å². The SMILES string of the molecule is BrB(Br)Br.CCCCCc1c(-c2ccc3cc(O)ccc3c2)n(Cc2ccccc2)c2ccccc12.CCCCCc1c(-c2ccc3cc(OC)ccc3c2)n(Cc2ccccc2)c2ccccc12. The van der Waals surface area contributed by atoms with Crippen LogP contribution in [0.2, 0.25) is 0 Å². The van der Waals surface area contributed by atoms with Gasteiger partial charge in [-0.1, -0.05) is 173 Å². The van der Waals surface area contributed by atoms with Gasteiger partial charge in [-0.05, 0) is 129 Å². The molecule has 0 aliphatic carbocycles. The third-order valence-corrected chi connectivity index (χ3v) is 13.0. The van der Waals surface area contributed by atoms with Crippen molar-refractivity contribution in [1.29, 1.82) is 0 Å². The summed E-state index contributed by atoms with van der Waals surface area (Å²) in [6.07, 6.45) is 9.56. The fraction of sp³-hybridized carbons (Fsp3) is 0.213. The van der Waals surface area contributed by atoms with E-state index in [-0.39, 0.29) is 3.18 Å². The minimum Gasteiger partial charge on any atom is -0.508 e. The Morgan fingerprint density at radius 1 is 0.464 bits per heavy atom. The van der Waals surface area contributed by atoms with Gasteiger partial charge in [-0.3, -0.25) is 0 Å². The maximum atomic E-state index is 9.88. The molecule has 10 rings (SSSR count). The Hall–Kier alpha value is -5.54. The number of halogens is 3. The average Bonchev–Trinajstić information content (AvgIpc) is 3.85. The van der Waals surface area contributed by atoms with Gasteiger partial charge in [0.25, 0.3) is 0 Å². The molecule has 0 bridgehead atoms. The summed E-state index contributed by atoms with van der Waals surface area (Å²) >= 11 is 9.31. The van der Waals surface area contributed by atoms with Crippen LogP contribution >= 0.6 is 47.3 Å². The Balaban J connectivity index is 0.000000173. The Kier molecular flexibility index (Phi) is 17.6. The van der Waals surface area contributed by atoms with E-state index in [2.05, 4.69) is 228 Å². The van der Waals surface area contributed by atoms with Crippen LogP contribution in [0.15, 0.2) is 182 Å². The van der Waals surface area contributed by atoms with Crippen molar-refractivity contribution in [2.24, 2.45) is 0 Å². The number of phenols is 1. The fourth-order valence-electron chi connectivity index (χ4n) is 9.76. The summed E-state index contributed by atoms with van der Waals surface area (Å²) in [6.45, 7) is 6.25. The number of aromatic nitrogens is 2. The Labute approximate surface area is 433 Å². The first-order chi connectivity index (χ1) is 33.8. The maximum absolute atomic E-state index is 9.88. The summed E-state index contributed by atoms with van der Waals surface area (Å²) in [5.74, 6) is 1.21. The van der Waals surface area contributed by atoms with E-state index in [0.29, 0.717) is 5.75 Å². The molecule has 1 N–H and O–H groups in total. The number of fused-ring (bicyclic) bond motifs is 4. The van der Waals surface area contributed by atoms with Gasteiger partial charge in [-0.25, -0.2) is 0 Å². The predicted molar refractivity (Wildman–Crippen MR) is 308 cm³/mol. The van der Waals surface area contributed by atoms with Crippen molar-refractivity contribution in [3.63, 3.8) is 0 Å². The van der Waals surface area contributed by atoms with Crippen LogP contribution in [-0.4, -0.2) is 24.5 Å². The van der Waals surface area contributed by atoms with Gasteiger partial charge < -0.3 is 19.0 Å². The Bertz CT molecular complexity index is 3250. The molecule has 350 valence electrons. The molecule has 0 aliphatic rings. The number of hydrogen-bond acceptors (Lipinski definition) is 2. The summed E-state index contributed by atoms with van der Waals surface area (Å²) in [5, 5.41) is 17.3. The van der Waals surface area contributed by atoms with Gasteiger partial charge in [0.15, 0.2) is 0 Å². The van der Waals surface area contributed by atoms with Crippen molar-refractivity contribution in [2.45, 2.75) is 78.3 Å². The van der Waals surface area contributed by atoms with E-state index < -0.39 is 0 Å². The molecule has 8 heteroatoms. The van der Waals surface area contributed by atoms with Gasteiger partial charge in [-0.2, -0.15) is 0 Å². The average molecular weight is 1100 g/mol. The van der Waals surface area contributed by atoms with E-state index in [4.69, 9.17) is 4.74 Å². The van der Waals surface area contributed by atoms with Crippen LogP contribution < -0.4 is 4.74 Å². The number of unbranched alkanes of at least 4 members (excludes halogenated alkanes) is 4. The van der Waals surface area contributed by atoms with Crippen LogP contribution in [0, 0.1) is 0 Å². The fourth-order valence-corrected chi connectivity index (χ4v) is 9.76. The molecule has 0 radical (unpaired) electrons. The summed E-state index contributed by atoms with van der Waals surface area (Å²) in [6, 6.07) is 64.7. The molecule has 0 atom stereocenters. The number of aryl methyl sites for hydroxylation is 2. The lowest BCUT2D eigenvalue weighted by molar-refractivity contribution is 0.415. The van der Waals surface area contributed by atoms with Gasteiger partial charge in [-0.15, -0.1) is 47.3 Å². The van der Waals surface area contributed by atoms with Crippen LogP contribution in [0.25, 0.3) is 65.9 Å². The topological polar surface area (TPSA) is 39.3 Å². The lowest BCUT2D eigenvalue weighted by Crippen LogP contribution is -2.03. The molecule has 0 fully saturated rings. The molecule has 2 aromatic heterocycles. The molecule has 10 aromatic rings. The van der Waals surface area contributed by atoms with Crippen LogP contribution in [-0.2, 0) is 25.9 Å². The van der Waals surface area contributed by atoms with Crippen molar-refractivity contribution in [3.05, 3.63) is 204 Å². The van der Waals surface area contributed by atoms with E-state index in [1.165, 1.54) is 116 Å². The first kappa shape index (κ1) is 49.9. The van der Waals surface area contributed by atoms with Crippen molar-refractivity contribution in [2.75, 3.05) is 7.11 Å². The minimum atomic E-state index is 0.271. The van der Waals surface area contributed by atoms with E-state index in [1.54, 1.807) is 13.2 Å². The smallest absolute Gasteiger partial charge is 0.369 e. The van der Waals surface area contributed by atoms with Crippen LogP contribution in [0.1, 0.15) is 74.6 Å². The first-order valence-corrected chi connectivity index (χ1v) is 27.0. The molecule has 8 aromatic carbocycles. The van der Waals surface area contributed by atoms with E-state index in [1.807, 2.05) is 18.2 Å². The zero-order chi connectivity index (χ0) is 48.1. The second-order valence-corrected chi connectivity index (χ2v) is 24.1. The summed E-state index contributed by atoms with van der Waals surface area (Å²) in [5.41, 5.74) is 13.4. The molecule has 69 heavy (non-hydrogen) atoms. The van der Waals surface area contributed by atoms with E-state index in [0.717, 1.165) is 42.5 Å². The molecule has 2 heterocycles. The molecule has 4 nitrogen and oxygen atoms in total. The van der Waals surface area contributed by atoms with Crippen molar-refractivity contribution in [1.82, 2.24) is 9.13 Å². The summed E-state index contributed by atoms with van der Waals surface area (Å²) in [7, 11) is 1.72. The molecular weight excluding hydrogens is 1040 g/mol. The Morgan fingerprint density at radius 2 is 0.870 bits per heavy atom. The lowest BCUT2D eigenvalue weighted by atomic mass is 9.98. The zero-order valence-corrected chi connectivity index (χ0v) is 44.6. The van der Waals surface area contributed by atoms with Crippen molar-refractivity contribution >= 4 is 93.8 Å². The van der Waals surface area contributed by atoms with Gasteiger partial charge >= 0.3 is 3.18 Å². The van der Waals surface area contributed by atoms with Crippen LogP contribution in [0.3, 0.4) is 0 Å². The van der Waals surface area contributed by atoms with E-state index >= 15 is 0 Å². The van der Waals surface area contributed by atoms with Crippen molar-refractivity contribution < 1.29 is 9.84 Å². The quantitative estimate of drug-likeness (QED) is 0.0821. The molecule has 0 spiro atoms. The molecule has 0 saturated heterocycles. The van der Waals surface area contributed by atoms with Gasteiger partial charge in [0.1, 0.15) is 11.5 Å². The number of hydrogen-bond donors (Lipinski definition) is 1. The predicted octanol–water partition coefficient (Wildman–Crippen LogP) is 18.4. The summed E-state index contributed by atoms with van der Waals surface area (Å²) < 4.78 is 10.7.